The van der Waals surface area contributed by atoms with E-state index >= 15 is 0 Å². The zero-order chi connectivity index (χ0) is 51.6. The summed E-state index contributed by atoms with van der Waals surface area (Å²) in [6.07, 6.45) is 11.7. The van der Waals surface area contributed by atoms with Crippen LogP contribution >= 0.6 is 0 Å². The van der Waals surface area contributed by atoms with Crippen LogP contribution in [0.5, 0.6) is 34.5 Å². The molecule has 3 N–H and O–H groups in total. The van der Waals surface area contributed by atoms with Gasteiger partial charge in [0.25, 0.3) is 11.8 Å². The van der Waals surface area contributed by atoms with Crippen molar-refractivity contribution in [1.82, 2.24) is 39.6 Å². The van der Waals surface area contributed by atoms with Crippen molar-refractivity contribution in [2.24, 2.45) is 0 Å². The second-order valence-electron chi connectivity index (χ2n) is 19.0. The fourth-order valence-corrected chi connectivity index (χ4v) is 8.18. The Bertz CT molecular complexity index is 2990. The van der Waals surface area contributed by atoms with E-state index in [0.717, 1.165) is 45.1 Å². The summed E-state index contributed by atoms with van der Waals surface area (Å²) in [4.78, 5) is 48.4. The van der Waals surface area contributed by atoms with Crippen LogP contribution in [-0.4, -0.2) is 125 Å². The lowest BCUT2D eigenvalue weighted by molar-refractivity contribution is -0.0509. The van der Waals surface area contributed by atoms with Crippen LogP contribution in [0.4, 0.5) is 22.4 Å². The highest BCUT2D eigenvalue weighted by Crippen LogP contribution is 2.39. The highest BCUT2D eigenvalue weighted by molar-refractivity contribution is 6.02. The smallest absolute Gasteiger partial charge is 0.410 e. The molecule has 0 bridgehead atoms. The molecule has 22 heteroatoms. The fraction of sp³-hybridized carbons (Fsp3) is 0.431. The number of hydrogen-bond donors (Lipinski definition) is 3. The molecule has 0 spiro atoms. The molecule has 2 saturated carbocycles. The minimum atomic E-state index is -3.13. The van der Waals surface area contributed by atoms with Gasteiger partial charge in [0.1, 0.15) is 75.7 Å². The number of rotatable bonds is 18. The second-order valence-corrected chi connectivity index (χ2v) is 19.0. The molecule has 0 radical (unpaired) electrons. The molecule has 388 valence electrons. The number of nitrogens with one attached hydrogen (secondary N) is 3. The van der Waals surface area contributed by atoms with Gasteiger partial charge in [-0.2, -0.15) is 17.6 Å². The molecule has 3 amide bonds. The molecule has 2 aliphatic heterocycles. The molecule has 10 rings (SSSR count). The lowest BCUT2D eigenvalue weighted by Gasteiger charge is -2.41. The third-order valence-corrected chi connectivity index (χ3v) is 12.4. The molecule has 2 aromatic carbocycles. The summed E-state index contributed by atoms with van der Waals surface area (Å²) >= 11 is 0. The highest BCUT2D eigenvalue weighted by Gasteiger charge is 2.36. The lowest BCUT2D eigenvalue weighted by Crippen LogP contribution is -2.55. The van der Waals surface area contributed by atoms with E-state index in [4.69, 9.17) is 33.2 Å². The molecule has 4 fully saturated rings. The summed E-state index contributed by atoms with van der Waals surface area (Å²) in [6.45, 7) is 1.78. The van der Waals surface area contributed by atoms with Crippen LogP contribution in [0.3, 0.4) is 0 Å². The van der Waals surface area contributed by atoms with E-state index in [2.05, 4.69) is 25.9 Å². The summed E-state index contributed by atoms with van der Waals surface area (Å²) in [5.41, 5.74) is 2.67. The molecule has 4 aromatic heterocycles. The maximum atomic E-state index is 13.3. The van der Waals surface area contributed by atoms with Gasteiger partial charge in [0, 0.05) is 60.3 Å². The number of carbonyl (C=O) groups is 3. The third kappa shape index (κ3) is 12.1. The van der Waals surface area contributed by atoms with Crippen molar-refractivity contribution in [2.75, 3.05) is 40.5 Å². The largest absolute Gasteiger partial charge is 0.496 e. The number of carbonyl (C=O) groups excluding carboxylic acids is 3. The number of methoxy groups -OCH3 is 2. The van der Waals surface area contributed by atoms with Gasteiger partial charge < -0.3 is 54.0 Å². The predicted molar refractivity (Wildman–Crippen MR) is 257 cm³/mol. The molecular weight excluding hydrogens is 961 g/mol. The summed E-state index contributed by atoms with van der Waals surface area (Å²) in [6, 6.07) is 13.5. The number of nitrogens with zero attached hydrogens (tertiary/aromatic N) is 5. The van der Waals surface area contributed by atoms with Crippen LogP contribution in [0, 0.1) is 0 Å². The molecule has 18 nitrogen and oxygen atoms in total. The Morgan fingerprint density at radius 2 is 1.15 bits per heavy atom. The number of benzene rings is 2. The summed E-state index contributed by atoms with van der Waals surface area (Å²) in [7, 11) is 2.75. The minimum Gasteiger partial charge on any atom is -0.496 e. The second kappa shape index (κ2) is 21.3. The van der Waals surface area contributed by atoms with Crippen molar-refractivity contribution < 1.29 is 65.1 Å². The zero-order valence-corrected chi connectivity index (χ0v) is 40.8. The van der Waals surface area contributed by atoms with Crippen LogP contribution in [0.25, 0.3) is 33.8 Å². The first kappa shape index (κ1) is 50.5. The van der Waals surface area contributed by atoms with E-state index in [-0.39, 0.29) is 58.3 Å². The Hall–Kier alpha value is -7.49. The summed E-state index contributed by atoms with van der Waals surface area (Å²) in [5.74, 6) is -0.0595. The first-order valence-corrected chi connectivity index (χ1v) is 23.9. The van der Waals surface area contributed by atoms with Crippen molar-refractivity contribution in [3.63, 3.8) is 0 Å². The van der Waals surface area contributed by atoms with Gasteiger partial charge in [-0.3, -0.25) is 18.4 Å². The van der Waals surface area contributed by atoms with Crippen molar-refractivity contribution in [3.8, 4) is 57.0 Å². The Morgan fingerprint density at radius 3 is 1.53 bits per heavy atom. The molecule has 2 aliphatic carbocycles. The maximum Gasteiger partial charge on any atom is 0.410 e. The molecule has 73 heavy (non-hydrogen) atoms. The van der Waals surface area contributed by atoms with Crippen LogP contribution < -0.4 is 44.4 Å². The number of halogens is 4. The fourth-order valence-electron chi connectivity index (χ4n) is 8.18. The topological polar surface area (TPSA) is 190 Å². The third-order valence-electron chi connectivity index (χ3n) is 12.4. The van der Waals surface area contributed by atoms with Gasteiger partial charge in [-0.1, -0.05) is 0 Å². The number of aromatic nitrogens is 4. The van der Waals surface area contributed by atoms with Gasteiger partial charge in [0.15, 0.2) is 0 Å². The minimum absolute atomic E-state index is 0.0242. The van der Waals surface area contributed by atoms with Gasteiger partial charge in [-0.15, -0.1) is 0 Å². The first-order chi connectivity index (χ1) is 35.0. The molecule has 6 heterocycles. The zero-order valence-electron chi connectivity index (χ0n) is 40.8. The molecule has 2 unspecified atom stereocenters. The number of fused-ring (bicyclic) bond motifs is 2. The first-order valence-electron chi connectivity index (χ1n) is 23.9. The van der Waals surface area contributed by atoms with Crippen molar-refractivity contribution in [1.29, 1.82) is 0 Å². The summed E-state index contributed by atoms with van der Waals surface area (Å²) < 4.78 is 94.0. The van der Waals surface area contributed by atoms with Crippen molar-refractivity contribution in [3.05, 3.63) is 84.4 Å². The van der Waals surface area contributed by atoms with Crippen LogP contribution in [-0.2, 0) is 4.74 Å². The van der Waals surface area contributed by atoms with Crippen molar-refractivity contribution >= 4 is 29.2 Å². The van der Waals surface area contributed by atoms with Crippen LogP contribution in [0.2, 0.25) is 0 Å². The molecule has 6 aromatic rings. The van der Waals surface area contributed by atoms with E-state index in [0.29, 0.717) is 71.1 Å². The number of hydrogen-bond acceptors (Lipinski definition) is 13. The van der Waals surface area contributed by atoms with Gasteiger partial charge in [0.2, 0.25) is 0 Å². The monoisotopic (exact) mass is 1020 g/mol. The van der Waals surface area contributed by atoms with Gasteiger partial charge in [0.05, 0.1) is 44.0 Å². The van der Waals surface area contributed by atoms with Gasteiger partial charge >= 0.3 is 19.3 Å². The standard InChI is InChI=1S/C28H32F2N4O6.C23H24F2N4O4/c1-28(2,3)40-27(36)33-9-7-18(33)15-38-19-8-10-34-20(14-31-23(34)13-19)16-11-21(37-4)24(22(12-16)39-26(29)30)25(35)32-17-5-6-17;1-31-18-8-13(9-19(33-23(24)25)21(18)22(30)28-14-2-3-14)17-11-27-20-10-16(5-7-29(17)20)32-12-15-4-6-26-15/h8,10-14,17-18,26H,5-7,9,15H2,1-4H3,(H,32,35);5,7-11,14-15,23,26H,2-4,6,12H2,1H3,(H,28,30). The predicted octanol–water partition coefficient (Wildman–Crippen LogP) is 8.14. The van der Waals surface area contributed by atoms with E-state index in [9.17, 15) is 31.9 Å². The Labute approximate surface area is 417 Å². The highest BCUT2D eigenvalue weighted by atomic mass is 19.3. The number of ether oxygens (including phenoxy) is 7. The number of likely N-dealkylation sites (tertiary alicyclic amines) is 1. The van der Waals surface area contributed by atoms with E-state index in [1.54, 1.807) is 62.8 Å². The Morgan fingerprint density at radius 1 is 0.685 bits per heavy atom. The average Bonchev–Trinajstić information content (AvgIpc) is 4.23. The van der Waals surface area contributed by atoms with Crippen LogP contribution in [0.1, 0.15) is 80.0 Å². The molecule has 4 aliphatic rings. The SMILES string of the molecule is COc1cc(-c2cnc3cc(OCC4CCN4)ccn23)cc(OC(F)F)c1C(=O)NC1CC1.COc1cc(-c2cnc3cc(OCC4CCN4C(=O)OC(C)(C)C)ccn23)cc(OC(F)F)c1C(=O)NC1CC1. The number of pyridine rings is 2. The Kier molecular flexibility index (Phi) is 14.7. The average molecular weight is 1020 g/mol. The number of amides is 3. The molecule has 2 atom stereocenters. The maximum absolute atomic E-state index is 13.3. The van der Waals surface area contributed by atoms with Crippen LogP contribution in [0.15, 0.2) is 73.3 Å². The lowest BCUT2D eigenvalue weighted by atomic mass is 10.1. The summed E-state index contributed by atoms with van der Waals surface area (Å²) in [5, 5.41) is 8.87. The van der Waals surface area contributed by atoms with E-state index in [1.165, 1.54) is 26.4 Å². The van der Waals surface area contributed by atoms with Gasteiger partial charge in [-0.25, -0.2) is 14.8 Å². The van der Waals surface area contributed by atoms with E-state index in [1.807, 2.05) is 32.9 Å². The van der Waals surface area contributed by atoms with Crippen molar-refractivity contribution in [2.45, 2.75) is 102 Å². The number of imidazole rings is 2. The number of alkyl halides is 4. The normalized spacial score (nSPS) is 17.3. The Balaban J connectivity index is 0.000000183. The molecular formula is C51H56F4N8O10. The quantitative estimate of drug-likeness (QED) is 0.0701. The van der Waals surface area contributed by atoms with E-state index < -0.39 is 30.6 Å². The molecule has 2 saturated heterocycles. The van der Waals surface area contributed by atoms with Gasteiger partial charge in [-0.05, 0) is 102 Å².